The SMILES string of the molecule is COc1ccc(-c2nc(C(=O)NC3(C(=O)O)CCSC3)cs2)cc1. The molecule has 1 aliphatic rings. The van der Waals surface area contributed by atoms with Crippen molar-refractivity contribution in [3.05, 3.63) is 35.3 Å². The summed E-state index contributed by atoms with van der Waals surface area (Å²) in [5.74, 6) is 0.405. The lowest BCUT2D eigenvalue weighted by Crippen LogP contribution is -2.54. The number of nitrogens with one attached hydrogen (secondary N) is 1. The van der Waals surface area contributed by atoms with Crippen LogP contribution in [0.5, 0.6) is 5.75 Å². The fourth-order valence-electron chi connectivity index (χ4n) is 2.41. The van der Waals surface area contributed by atoms with Crippen LogP contribution in [0.4, 0.5) is 0 Å². The second-order valence-corrected chi connectivity index (χ2v) is 7.37. The number of benzene rings is 1. The predicted molar refractivity (Wildman–Crippen MR) is 93.9 cm³/mol. The lowest BCUT2D eigenvalue weighted by molar-refractivity contribution is -0.143. The van der Waals surface area contributed by atoms with Crippen molar-refractivity contribution in [1.29, 1.82) is 0 Å². The molecular weight excluding hydrogens is 348 g/mol. The number of carbonyl (C=O) groups excluding carboxylic acids is 1. The molecule has 126 valence electrons. The molecule has 24 heavy (non-hydrogen) atoms. The van der Waals surface area contributed by atoms with E-state index in [9.17, 15) is 14.7 Å². The van der Waals surface area contributed by atoms with Crippen LogP contribution >= 0.6 is 23.1 Å². The molecule has 1 amide bonds. The zero-order chi connectivity index (χ0) is 17.2. The van der Waals surface area contributed by atoms with Crippen LogP contribution in [0, 0.1) is 0 Å². The predicted octanol–water partition coefficient (Wildman–Crippen LogP) is 2.51. The lowest BCUT2D eigenvalue weighted by atomic mass is 9.99. The molecule has 1 aromatic heterocycles. The molecule has 0 bridgehead atoms. The minimum atomic E-state index is -1.19. The molecule has 2 aromatic rings. The van der Waals surface area contributed by atoms with Crippen LogP contribution in [0.1, 0.15) is 16.9 Å². The van der Waals surface area contributed by atoms with Gasteiger partial charge in [-0.1, -0.05) is 0 Å². The van der Waals surface area contributed by atoms with Gasteiger partial charge in [0.2, 0.25) is 0 Å². The molecule has 1 unspecified atom stereocenters. The number of carbonyl (C=O) groups is 2. The van der Waals surface area contributed by atoms with Gasteiger partial charge >= 0.3 is 5.97 Å². The number of carboxylic acid groups (broad SMARTS) is 1. The molecule has 0 spiro atoms. The van der Waals surface area contributed by atoms with E-state index in [0.717, 1.165) is 17.1 Å². The van der Waals surface area contributed by atoms with Crippen LogP contribution < -0.4 is 10.1 Å². The molecule has 0 radical (unpaired) electrons. The van der Waals surface area contributed by atoms with Crippen LogP contribution in [-0.4, -0.2) is 46.1 Å². The molecular formula is C16H16N2O4S2. The van der Waals surface area contributed by atoms with Crippen molar-refractivity contribution in [2.75, 3.05) is 18.6 Å². The summed E-state index contributed by atoms with van der Waals surface area (Å²) in [5, 5.41) is 14.4. The minimum Gasteiger partial charge on any atom is -0.497 e. The molecule has 0 aliphatic carbocycles. The summed E-state index contributed by atoms with van der Waals surface area (Å²) >= 11 is 2.87. The number of hydrogen-bond acceptors (Lipinski definition) is 6. The average Bonchev–Trinajstić information content (AvgIpc) is 3.25. The average molecular weight is 364 g/mol. The third kappa shape index (κ3) is 3.25. The van der Waals surface area contributed by atoms with E-state index >= 15 is 0 Å². The first kappa shape index (κ1) is 16.8. The first-order valence-corrected chi connectivity index (χ1v) is 9.31. The van der Waals surface area contributed by atoms with Crippen molar-refractivity contribution in [2.24, 2.45) is 0 Å². The topological polar surface area (TPSA) is 88.5 Å². The number of methoxy groups -OCH3 is 1. The van der Waals surface area contributed by atoms with Gasteiger partial charge in [0.05, 0.1) is 7.11 Å². The third-order valence-corrected chi connectivity index (χ3v) is 5.94. The summed E-state index contributed by atoms with van der Waals surface area (Å²) in [6.45, 7) is 0. The summed E-state index contributed by atoms with van der Waals surface area (Å²) < 4.78 is 5.12. The number of nitrogens with zero attached hydrogens (tertiary/aromatic N) is 1. The van der Waals surface area contributed by atoms with Crippen molar-refractivity contribution < 1.29 is 19.4 Å². The minimum absolute atomic E-state index is 0.239. The number of thioether (sulfide) groups is 1. The number of thiazole rings is 1. The van der Waals surface area contributed by atoms with Gasteiger partial charge in [0.15, 0.2) is 0 Å². The van der Waals surface area contributed by atoms with Gasteiger partial charge in [-0.2, -0.15) is 11.8 Å². The Labute approximate surface area is 147 Å². The van der Waals surface area contributed by atoms with Crippen molar-refractivity contribution in [3.63, 3.8) is 0 Å². The summed E-state index contributed by atoms with van der Waals surface area (Å²) in [5.41, 5.74) is -0.0707. The molecule has 1 aliphatic heterocycles. The van der Waals surface area contributed by atoms with Crippen molar-refractivity contribution in [2.45, 2.75) is 12.0 Å². The molecule has 2 N–H and O–H groups in total. The number of carboxylic acids is 1. The van der Waals surface area contributed by atoms with E-state index in [0.29, 0.717) is 17.2 Å². The summed E-state index contributed by atoms with van der Waals surface area (Å²) in [4.78, 5) is 28.2. The lowest BCUT2D eigenvalue weighted by Gasteiger charge is -2.23. The zero-order valence-electron chi connectivity index (χ0n) is 12.9. The van der Waals surface area contributed by atoms with E-state index in [1.807, 2.05) is 24.3 Å². The highest BCUT2D eigenvalue weighted by Gasteiger charge is 2.43. The Morgan fingerprint density at radius 1 is 1.33 bits per heavy atom. The second-order valence-electron chi connectivity index (χ2n) is 5.41. The number of rotatable bonds is 5. The number of ether oxygens (including phenoxy) is 1. The molecule has 1 atom stereocenters. The maximum atomic E-state index is 12.4. The van der Waals surface area contributed by atoms with Crippen LogP contribution in [0.2, 0.25) is 0 Å². The summed E-state index contributed by atoms with van der Waals surface area (Å²) in [6.07, 6.45) is 0.425. The number of aromatic nitrogens is 1. The molecule has 0 saturated carbocycles. The Balaban J connectivity index is 1.77. The Kier molecular flexibility index (Phi) is 4.77. The highest BCUT2D eigenvalue weighted by molar-refractivity contribution is 7.99. The van der Waals surface area contributed by atoms with Crippen LogP contribution in [0.15, 0.2) is 29.6 Å². The standard InChI is InChI=1S/C16H16N2O4S2/c1-22-11-4-2-10(3-5-11)14-17-12(8-24-14)13(19)18-16(15(20)21)6-7-23-9-16/h2-5,8H,6-7,9H2,1H3,(H,18,19)(H,20,21). The number of aliphatic carboxylic acids is 1. The van der Waals surface area contributed by atoms with Gasteiger partial charge in [-0.15, -0.1) is 11.3 Å². The van der Waals surface area contributed by atoms with E-state index < -0.39 is 17.4 Å². The zero-order valence-corrected chi connectivity index (χ0v) is 14.6. The van der Waals surface area contributed by atoms with E-state index in [1.165, 1.54) is 23.1 Å². The van der Waals surface area contributed by atoms with Gasteiger partial charge in [0.25, 0.3) is 5.91 Å². The van der Waals surface area contributed by atoms with Crippen molar-refractivity contribution >= 4 is 35.0 Å². The Bertz CT molecular complexity index is 752. The highest BCUT2D eigenvalue weighted by Crippen LogP contribution is 2.29. The normalized spacial score (nSPS) is 19.9. The van der Waals surface area contributed by atoms with E-state index in [2.05, 4.69) is 10.3 Å². The fraction of sp³-hybridized carbons (Fsp3) is 0.312. The molecule has 3 rings (SSSR count). The molecule has 1 fully saturated rings. The Morgan fingerprint density at radius 3 is 2.67 bits per heavy atom. The van der Waals surface area contributed by atoms with Gasteiger partial charge < -0.3 is 15.2 Å². The van der Waals surface area contributed by atoms with E-state index in [-0.39, 0.29) is 5.69 Å². The van der Waals surface area contributed by atoms with Gasteiger partial charge in [-0.25, -0.2) is 9.78 Å². The largest absolute Gasteiger partial charge is 0.497 e. The smallest absolute Gasteiger partial charge is 0.330 e. The Hall–Kier alpha value is -2.06. The molecule has 2 heterocycles. The second kappa shape index (κ2) is 6.82. The maximum Gasteiger partial charge on any atom is 0.330 e. The summed E-state index contributed by atoms with van der Waals surface area (Å²) in [7, 11) is 1.60. The summed E-state index contributed by atoms with van der Waals surface area (Å²) in [6, 6.07) is 7.38. The van der Waals surface area contributed by atoms with Crippen LogP contribution in [-0.2, 0) is 4.79 Å². The Morgan fingerprint density at radius 2 is 2.08 bits per heavy atom. The van der Waals surface area contributed by atoms with Gasteiger partial charge in [-0.05, 0) is 36.4 Å². The van der Waals surface area contributed by atoms with Gasteiger partial charge in [-0.3, -0.25) is 4.79 Å². The quantitative estimate of drug-likeness (QED) is 0.847. The maximum absolute atomic E-state index is 12.4. The van der Waals surface area contributed by atoms with Crippen LogP contribution in [0.25, 0.3) is 10.6 Å². The molecule has 1 aromatic carbocycles. The first-order valence-electron chi connectivity index (χ1n) is 7.28. The van der Waals surface area contributed by atoms with Crippen molar-refractivity contribution in [3.8, 4) is 16.3 Å². The third-order valence-electron chi connectivity index (χ3n) is 3.86. The molecule has 1 saturated heterocycles. The van der Waals surface area contributed by atoms with Gasteiger partial charge in [0.1, 0.15) is 22.0 Å². The number of hydrogen-bond donors (Lipinski definition) is 2. The van der Waals surface area contributed by atoms with Crippen molar-refractivity contribution in [1.82, 2.24) is 10.3 Å². The highest BCUT2D eigenvalue weighted by atomic mass is 32.2. The first-order chi connectivity index (χ1) is 11.5. The van der Waals surface area contributed by atoms with Crippen LogP contribution in [0.3, 0.4) is 0 Å². The monoisotopic (exact) mass is 364 g/mol. The molecule has 6 nitrogen and oxygen atoms in total. The fourth-order valence-corrected chi connectivity index (χ4v) is 4.54. The van der Waals surface area contributed by atoms with E-state index in [4.69, 9.17) is 4.74 Å². The molecule has 8 heteroatoms. The number of amides is 1. The van der Waals surface area contributed by atoms with E-state index in [1.54, 1.807) is 12.5 Å². The van der Waals surface area contributed by atoms with Gasteiger partial charge in [0, 0.05) is 16.7 Å².